The molecule has 15 heavy (non-hydrogen) atoms. The Morgan fingerprint density at radius 3 is 2.60 bits per heavy atom. The van der Waals surface area contributed by atoms with Gasteiger partial charge in [-0.15, -0.1) is 0 Å². The number of halogens is 1. The van der Waals surface area contributed by atoms with Gasteiger partial charge in [-0.1, -0.05) is 11.6 Å². The Bertz CT molecular complexity index is 539. The third-order valence-corrected chi connectivity index (χ3v) is 2.14. The average molecular weight is 224 g/mol. The molecule has 0 aliphatic heterocycles. The molecule has 5 nitrogen and oxygen atoms in total. The summed E-state index contributed by atoms with van der Waals surface area (Å²) in [7, 11) is 0. The number of hydrogen-bond acceptors (Lipinski definition) is 4. The van der Waals surface area contributed by atoms with Crippen molar-refractivity contribution in [2.45, 2.75) is 0 Å². The number of nitrogens with one attached hydrogen (secondary N) is 1. The van der Waals surface area contributed by atoms with Gasteiger partial charge in [-0.05, 0) is 12.1 Å². The molecule has 0 fully saturated rings. The molecular weight excluding hydrogens is 218 g/mol. The molecule has 0 amide bonds. The number of nitrogens with zero attached hydrogens (tertiary/aromatic N) is 2. The van der Waals surface area contributed by atoms with Crippen LogP contribution in [-0.2, 0) is 0 Å². The van der Waals surface area contributed by atoms with Crippen molar-refractivity contribution < 1.29 is 5.11 Å². The molecule has 2 heterocycles. The van der Waals surface area contributed by atoms with Gasteiger partial charge in [-0.2, -0.15) is 4.98 Å². The molecular formula is C9H6ClN3O2. The SMILES string of the molecule is O=c1[nH]c(-c2ccncc2)nc(O)c1Cl. The van der Waals surface area contributed by atoms with Crippen molar-refractivity contribution in [1.29, 1.82) is 0 Å². The minimum Gasteiger partial charge on any atom is -0.492 e. The first-order chi connectivity index (χ1) is 7.18. The van der Waals surface area contributed by atoms with E-state index >= 15 is 0 Å². The van der Waals surface area contributed by atoms with Gasteiger partial charge in [-0.25, -0.2) is 0 Å². The number of aromatic nitrogens is 3. The molecule has 76 valence electrons. The first-order valence-electron chi connectivity index (χ1n) is 4.07. The molecule has 2 aromatic heterocycles. The fourth-order valence-electron chi connectivity index (χ4n) is 1.09. The smallest absolute Gasteiger partial charge is 0.273 e. The maximum atomic E-state index is 11.2. The van der Waals surface area contributed by atoms with Gasteiger partial charge in [0.15, 0.2) is 5.02 Å². The largest absolute Gasteiger partial charge is 0.492 e. The van der Waals surface area contributed by atoms with Crippen LogP contribution in [0.3, 0.4) is 0 Å². The highest BCUT2D eigenvalue weighted by molar-refractivity contribution is 6.31. The van der Waals surface area contributed by atoms with Gasteiger partial charge in [0.05, 0.1) is 0 Å². The van der Waals surface area contributed by atoms with E-state index in [1.807, 2.05) is 0 Å². The molecule has 2 rings (SSSR count). The van der Waals surface area contributed by atoms with E-state index in [1.54, 1.807) is 24.5 Å². The summed E-state index contributed by atoms with van der Waals surface area (Å²) in [4.78, 5) is 21.2. The second-order valence-corrected chi connectivity index (χ2v) is 3.17. The minimum absolute atomic E-state index is 0.254. The summed E-state index contributed by atoms with van der Waals surface area (Å²) < 4.78 is 0. The first-order valence-corrected chi connectivity index (χ1v) is 4.45. The lowest BCUT2D eigenvalue weighted by molar-refractivity contribution is 0.452. The minimum atomic E-state index is -0.573. The van der Waals surface area contributed by atoms with Crippen LogP contribution in [-0.4, -0.2) is 20.1 Å². The molecule has 0 aromatic carbocycles. The highest BCUT2D eigenvalue weighted by atomic mass is 35.5. The van der Waals surface area contributed by atoms with Gasteiger partial charge in [0, 0.05) is 18.0 Å². The van der Waals surface area contributed by atoms with Gasteiger partial charge >= 0.3 is 0 Å². The first kappa shape index (κ1) is 9.67. The van der Waals surface area contributed by atoms with Gasteiger partial charge < -0.3 is 10.1 Å². The summed E-state index contributed by atoms with van der Waals surface area (Å²) in [6.45, 7) is 0. The van der Waals surface area contributed by atoms with Crippen molar-refractivity contribution in [3.63, 3.8) is 0 Å². The van der Waals surface area contributed by atoms with E-state index in [0.29, 0.717) is 5.56 Å². The van der Waals surface area contributed by atoms with Gasteiger partial charge in [-0.3, -0.25) is 9.78 Å². The Kier molecular flexibility index (Phi) is 2.39. The fourth-order valence-corrected chi connectivity index (χ4v) is 1.18. The zero-order chi connectivity index (χ0) is 10.8. The maximum Gasteiger partial charge on any atom is 0.273 e. The molecule has 0 bridgehead atoms. The van der Waals surface area contributed by atoms with Crippen molar-refractivity contribution in [3.8, 4) is 17.3 Å². The quantitative estimate of drug-likeness (QED) is 0.761. The number of hydrogen-bond donors (Lipinski definition) is 2. The Hall–Kier alpha value is -1.88. The molecule has 0 spiro atoms. The molecule has 2 N–H and O–H groups in total. The summed E-state index contributed by atoms with van der Waals surface area (Å²) in [6.07, 6.45) is 3.11. The van der Waals surface area contributed by atoms with Crippen molar-refractivity contribution in [2.24, 2.45) is 0 Å². The Morgan fingerprint density at radius 1 is 1.33 bits per heavy atom. The monoisotopic (exact) mass is 223 g/mol. The third kappa shape index (κ3) is 1.82. The highest BCUT2D eigenvalue weighted by Crippen LogP contribution is 2.19. The maximum absolute atomic E-state index is 11.2. The molecule has 2 aromatic rings. The zero-order valence-corrected chi connectivity index (χ0v) is 8.19. The summed E-state index contributed by atoms with van der Waals surface area (Å²) in [5.74, 6) is -0.225. The topological polar surface area (TPSA) is 78.9 Å². The van der Waals surface area contributed by atoms with Crippen molar-refractivity contribution >= 4 is 11.6 Å². The standard InChI is InChI=1S/C9H6ClN3O2/c10-6-8(14)12-7(13-9(6)15)5-1-3-11-4-2-5/h1-4H,(H2,12,13,14,15). The Labute approximate surface area is 89.4 Å². The molecule has 0 atom stereocenters. The van der Waals surface area contributed by atoms with Gasteiger partial charge in [0.1, 0.15) is 5.82 Å². The number of rotatable bonds is 1. The van der Waals surface area contributed by atoms with Crippen LogP contribution in [0.15, 0.2) is 29.3 Å². The molecule has 0 aliphatic carbocycles. The summed E-state index contributed by atoms with van der Waals surface area (Å²) in [5, 5.41) is 8.95. The van der Waals surface area contributed by atoms with E-state index in [-0.39, 0.29) is 10.8 Å². The van der Waals surface area contributed by atoms with Crippen LogP contribution in [0.1, 0.15) is 0 Å². The lowest BCUT2D eigenvalue weighted by Crippen LogP contribution is -2.09. The van der Waals surface area contributed by atoms with E-state index in [0.717, 1.165) is 0 Å². The second-order valence-electron chi connectivity index (χ2n) is 2.79. The average Bonchev–Trinajstić information content (AvgIpc) is 2.26. The predicted molar refractivity (Wildman–Crippen MR) is 54.8 cm³/mol. The zero-order valence-electron chi connectivity index (χ0n) is 7.44. The Balaban J connectivity index is 2.61. The third-order valence-electron chi connectivity index (χ3n) is 1.80. The van der Waals surface area contributed by atoms with E-state index in [9.17, 15) is 9.90 Å². The highest BCUT2D eigenvalue weighted by Gasteiger charge is 2.08. The van der Waals surface area contributed by atoms with Crippen LogP contribution in [0.5, 0.6) is 5.88 Å². The number of H-pyrrole nitrogens is 1. The van der Waals surface area contributed by atoms with Crippen LogP contribution in [0.4, 0.5) is 0 Å². The molecule has 0 saturated carbocycles. The van der Waals surface area contributed by atoms with E-state index < -0.39 is 11.4 Å². The molecule has 0 radical (unpaired) electrons. The number of aromatic amines is 1. The summed E-state index contributed by atoms with van der Waals surface area (Å²) >= 11 is 5.47. The molecule has 0 saturated heterocycles. The van der Waals surface area contributed by atoms with Crippen LogP contribution >= 0.6 is 11.6 Å². The van der Waals surface area contributed by atoms with Crippen LogP contribution < -0.4 is 5.56 Å². The second kappa shape index (κ2) is 3.70. The fraction of sp³-hybridized carbons (Fsp3) is 0. The van der Waals surface area contributed by atoms with E-state index in [1.165, 1.54) is 0 Å². The number of aromatic hydroxyl groups is 1. The molecule has 0 aliphatic rings. The normalized spacial score (nSPS) is 10.2. The van der Waals surface area contributed by atoms with E-state index in [4.69, 9.17) is 11.6 Å². The lowest BCUT2D eigenvalue weighted by Gasteiger charge is -2.01. The van der Waals surface area contributed by atoms with Crippen molar-refractivity contribution in [2.75, 3.05) is 0 Å². The number of pyridine rings is 1. The van der Waals surface area contributed by atoms with Crippen molar-refractivity contribution in [1.82, 2.24) is 15.0 Å². The van der Waals surface area contributed by atoms with E-state index in [2.05, 4.69) is 15.0 Å². The summed E-state index contributed by atoms with van der Waals surface area (Å²) in [6, 6.07) is 3.32. The summed E-state index contributed by atoms with van der Waals surface area (Å²) in [5.41, 5.74) is 0.0741. The van der Waals surface area contributed by atoms with Gasteiger partial charge in [0.2, 0.25) is 5.88 Å². The lowest BCUT2D eigenvalue weighted by atomic mass is 10.2. The van der Waals surface area contributed by atoms with Crippen molar-refractivity contribution in [3.05, 3.63) is 39.9 Å². The molecule has 6 heteroatoms. The molecule has 0 unspecified atom stereocenters. The van der Waals surface area contributed by atoms with Crippen LogP contribution in [0, 0.1) is 0 Å². The Morgan fingerprint density at radius 2 is 2.00 bits per heavy atom. The van der Waals surface area contributed by atoms with Gasteiger partial charge in [0.25, 0.3) is 5.56 Å². The van der Waals surface area contributed by atoms with Crippen LogP contribution in [0.25, 0.3) is 11.4 Å². The van der Waals surface area contributed by atoms with Crippen LogP contribution in [0.2, 0.25) is 5.02 Å². The predicted octanol–water partition coefficient (Wildman–Crippen LogP) is 1.19.